The molecule has 1 aromatic heterocycles. The van der Waals surface area contributed by atoms with Crippen LogP contribution in [-0.2, 0) is 0 Å². The van der Waals surface area contributed by atoms with Crippen molar-refractivity contribution in [3.63, 3.8) is 0 Å². The van der Waals surface area contributed by atoms with Gasteiger partial charge in [0.1, 0.15) is 0 Å². The van der Waals surface area contributed by atoms with Gasteiger partial charge in [-0.3, -0.25) is 0 Å². The number of nitrogens with zero attached hydrogens (tertiary/aromatic N) is 2. The van der Waals surface area contributed by atoms with E-state index in [1.807, 2.05) is 18.6 Å². The van der Waals surface area contributed by atoms with E-state index in [0.717, 1.165) is 6.54 Å². The Balaban J connectivity index is 1.99. The molecule has 3 nitrogen and oxygen atoms in total. The molecule has 0 saturated carbocycles. The topological polar surface area (TPSA) is 29.9 Å². The third-order valence-electron chi connectivity index (χ3n) is 3.12. The average Bonchev–Trinajstić information content (AvgIpc) is 3.01. The molecule has 0 radical (unpaired) electrons. The monoisotopic (exact) mass is 213 g/mol. The predicted molar refractivity (Wildman–Crippen MR) is 63.5 cm³/mol. The van der Waals surface area contributed by atoms with Crippen LogP contribution < -0.4 is 5.32 Å². The summed E-state index contributed by atoms with van der Waals surface area (Å²) in [5, 5.41) is 3.51. The van der Waals surface area contributed by atoms with E-state index in [0.29, 0.717) is 6.04 Å². The van der Waals surface area contributed by atoms with E-state index in [1.165, 1.54) is 24.2 Å². The van der Waals surface area contributed by atoms with Crippen LogP contribution in [0, 0.1) is 0 Å². The van der Waals surface area contributed by atoms with Crippen molar-refractivity contribution in [2.45, 2.75) is 18.9 Å². The summed E-state index contributed by atoms with van der Waals surface area (Å²) in [6.45, 7) is 1.12. The Labute approximate surface area is 95.1 Å². The zero-order valence-corrected chi connectivity index (χ0v) is 9.13. The highest BCUT2D eigenvalue weighted by Gasteiger charge is 2.19. The minimum absolute atomic E-state index is 0.461. The fourth-order valence-electron chi connectivity index (χ4n) is 2.30. The number of para-hydroxylation sites is 1. The van der Waals surface area contributed by atoms with Crippen molar-refractivity contribution in [2.24, 2.45) is 0 Å². The van der Waals surface area contributed by atoms with Crippen LogP contribution in [0.15, 0.2) is 42.9 Å². The third-order valence-corrected chi connectivity index (χ3v) is 3.12. The first-order chi connectivity index (χ1) is 7.95. The van der Waals surface area contributed by atoms with Gasteiger partial charge in [-0.2, -0.15) is 0 Å². The zero-order valence-electron chi connectivity index (χ0n) is 9.13. The molecule has 0 amide bonds. The lowest BCUT2D eigenvalue weighted by atomic mass is 10.1. The molecule has 2 heterocycles. The molecule has 1 saturated heterocycles. The molecule has 1 aromatic carbocycles. The van der Waals surface area contributed by atoms with Crippen molar-refractivity contribution < 1.29 is 0 Å². The van der Waals surface area contributed by atoms with Crippen molar-refractivity contribution >= 4 is 0 Å². The molecular formula is C13H15N3. The standard InChI is InChI=1S/C13H15N3/c1-2-5-11(6-3-1)16-10-14-9-13(16)12-7-4-8-15-12/h1-3,5-6,9-10,12,15H,4,7-8H2/t12-/m0/s1. The average molecular weight is 213 g/mol. The highest BCUT2D eigenvalue weighted by Crippen LogP contribution is 2.24. The van der Waals surface area contributed by atoms with Gasteiger partial charge in [-0.05, 0) is 31.5 Å². The van der Waals surface area contributed by atoms with Gasteiger partial charge >= 0.3 is 0 Å². The van der Waals surface area contributed by atoms with Crippen LogP contribution in [0.2, 0.25) is 0 Å². The van der Waals surface area contributed by atoms with Gasteiger partial charge in [-0.1, -0.05) is 18.2 Å². The Morgan fingerprint density at radius 3 is 2.88 bits per heavy atom. The molecule has 1 fully saturated rings. The van der Waals surface area contributed by atoms with Gasteiger partial charge in [0.2, 0.25) is 0 Å². The molecule has 3 heteroatoms. The first kappa shape index (κ1) is 9.60. The van der Waals surface area contributed by atoms with Crippen LogP contribution in [0.3, 0.4) is 0 Å². The van der Waals surface area contributed by atoms with Gasteiger partial charge in [0.05, 0.1) is 18.2 Å². The molecule has 82 valence electrons. The van der Waals surface area contributed by atoms with Crippen LogP contribution in [0.4, 0.5) is 0 Å². The summed E-state index contributed by atoms with van der Waals surface area (Å²) >= 11 is 0. The van der Waals surface area contributed by atoms with E-state index >= 15 is 0 Å². The number of nitrogens with one attached hydrogen (secondary N) is 1. The highest BCUT2D eigenvalue weighted by molar-refractivity contribution is 5.34. The molecule has 1 N–H and O–H groups in total. The second kappa shape index (κ2) is 4.10. The summed E-state index contributed by atoms with van der Waals surface area (Å²) in [5.41, 5.74) is 2.45. The molecule has 16 heavy (non-hydrogen) atoms. The van der Waals surface area contributed by atoms with E-state index in [1.54, 1.807) is 0 Å². The minimum Gasteiger partial charge on any atom is -0.309 e. The second-order valence-corrected chi connectivity index (χ2v) is 4.17. The lowest BCUT2D eigenvalue weighted by molar-refractivity contribution is 0.615. The van der Waals surface area contributed by atoms with Crippen molar-refractivity contribution in [3.8, 4) is 5.69 Å². The molecule has 1 aliphatic heterocycles. The zero-order chi connectivity index (χ0) is 10.8. The van der Waals surface area contributed by atoms with Crippen LogP contribution in [0.25, 0.3) is 5.69 Å². The molecule has 1 aliphatic rings. The smallest absolute Gasteiger partial charge is 0.0994 e. The maximum Gasteiger partial charge on any atom is 0.0994 e. The Morgan fingerprint density at radius 1 is 1.25 bits per heavy atom. The fraction of sp³-hybridized carbons (Fsp3) is 0.308. The van der Waals surface area contributed by atoms with Crippen LogP contribution in [-0.4, -0.2) is 16.1 Å². The molecule has 0 bridgehead atoms. The van der Waals surface area contributed by atoms with Crippen molar-refractivity contribution in [1.82, 2.24) is 14.9 Å². The Morgan fingerprint density at radius 2 is 2.12 bits per heavy atom. The quantitative estimate of drug-likeness (QED) is 0.829. The fourth-order valence-corrected chi connectivity index (χ4v) is 2.30. The van der Waals surface area contributed by atoms with Crippen molar-refractivity contribution in [2.75, 3.05) is 6.54 Å². The number of hydrogen-bond donors (Lipinski definition) is 1. The first-order valence-corrected chi connectivity index (χ1v) is 5.76. The molecule has 2 aromatic rings. The highest BCUT2D eigenvalue weighted by atomic mass is 15.1. The van der Waals surface area contributed by atoms with E-state index < -0.39 is 0 Å². The number of hydrogen-bond acceptors (Lipinski definition) is 2. The van der Waals surface area contributed by atoms with Crippen LogP contribution in [0.5, 0.6) is 0 Å². The Kier molecular flexibility index (Phi) is 2.46. The predicted octanol–water partition coefficient (Wildman–Crippen LogP) is 2.30. The summed E-state index contributed by atoms with van der Waals surface area (Å²) < 4.78 is 2.17. The van der Waals surface area contributed by atoms with Crippen LogP contribution in [0.1, 0.15) is 24.6 Å². The summed E-state index contributed by atoms with van der Waals surface area (Å²) in [7, 11) is 0. The molecule has 0 unspecified atom stereocenters. The summed E-state index contributed by atoms with van der Waals surface area (Å²) in [5.74, 6) is 0. The van der Waals surface area contributed by atoms with Gasteiger partial charge in [-0.15, -0.1) is 0 Å². The summed E-state index contributed by atoms with van der Waals surface area (Å²) in [6, 6.07) is 10.8. The van der Waals surface area contributed by atoms with Crippen LogP contribution >= 0.6 is 0 Å². The van der Waals surface area contributed by atoms with E-state index in [4.69, 9.17) is 0 Å². The molecule has 0 aliphatic carbocycles. The van der Waals surface area contributed by atoms with Crippen molar-refractivity contribution in [3.05, 3.63) is 48.5 Å². The Hall–Kier alpha value is -1.61. The van der Waals surface area contributed by atoms with E-state index in [9.17, 15) is 0 Å². The van der Waals surface area contributed by atoms with Gasteiger partial charge in [0.25, 0.3) is 0 Å². The third kappa shape index (κ3) is 1.63. The summed E-state index contributed by atoms with van der Waals surface area (Å²) in [4.78, 5) is 4.27. The lowest BCUT2D eigenvalue weighted by Crippen LogP contribution is -2.16. The number of aromatic nitrogens is 2. The molecular weight excluding hydrogens is 198 g/mol. The maximum atomic E-state index is 4.27. The SMILES string of the molecule is c1ccc(-n2cncc2[C@@H]2CCCN2)cc1. The first-order valence-electron chi connectivity index (χ1n) is 5.76. The van der Waals surface area contributed by atoms with Gasteiger partial charge in [-0.25, -0.2) is 4.98 Å². The largest absolute Gasteiger partial charge is 0.309 e. The van der Waals surface area contributed by atoms with Gasteiger partial charge < -0.3 is 9.88 Å². The molecule has 1 atom stereocenters. The maximum absolute atomic E-state index is 4.27. The number of imidazole rings is 1. The van der Waals surface area contributed by atoms with Gasteiger partial charge in [0, 0.05) is 11.7 Å². The molecule has 0 spiro atoms. The second-order valence-electron chi connectivity index (χ2n) is 4.17. The normalized spacial score (nSPS) is 20.1. The molecule has 3 rings (SSSR count). The number of benzene rings is 1. The van der Waals surface area contributed by atoms with E-state index in [2.05, 4.69) is 39.1 Å². The summed E-state index contributed by atoms with van der Waals surface area (Å²) in [6.07, 6.45) is 6.32. The lowest BCUT2D eigenvalue weighted by Gasteiger charge is -2.13. The Bertz CT molecular complexity index is 455. The minimum atomic E-state index is 0.461. The number of rotatable bonds is 2. The van der Waals surface area contributed by atoms with Gasteiger partial charge in [0.15, 0.2) is 0 Å². The van der Waals surface area contributed by atoms with E-state index in [-0.39, 0.29) is 0 Å². The van der Waals surface area contributed by atoms with Crippen molar-refractivity contribution in [1.29, 1.82) is 0 Å².